The van der Waals surface area contributed by atoms with Crippen LogP contribution in [0, 0.1) is 6.92 Å². The zero-order valence-corrected chi connectivity index (χ0v) is 14.2. The first-order valence-corrected chi connectivity index (χ1v) is 9.70. The van der Waals surface area contributed by atoms with Crippen LogP contribution in [-0.2, 0) is 19.6 Å². The summed E-state index contributed by atoms with van der Waals surface area (Å²) in [5, 5.41) is 0. The predicted molar refractivity (Wildman–Crippen MR) is 83.4 cm³/mol. The van der Waals surface area contributed by atoms with Gasteiger partial charge in [0, 0.05) is 24.5 Å². The van der Waals surface area contributed by atoms with E-state index in [1.807, 2.05) is 6.92 Å². The predicted octanol–water partition coefficient (Wildman–Crippen LogP) is 1.07. The summed E-state index contributed by atoms with van der Waals surface area (Å²) in [5.74, 6) is -0.0855. The van der Waals surface area contributed by atoms with Crippen molar-refractivity contribution in [3.05, 3.63) is 17.0 Å². The molecule has 22 heavy (non-hydrogen) atoms. The van der Waals surface area contributed by atoms with Crippen LogP contribution in [-0.4, -0.2) is 62.4 Å². The average molecular weight is 344 g/mol. The average Bonchev–Trinajstić information content (AvgIpc) is 3.16. The van der Waals surface area contributed by atoms with Gasteiger partial charge in [-0.05, 0) is 31.9 Å². The molecule has 3 rings (SSSR count). The zero-order chi connectivity index (χ0) is 15.7. The summed E-state index contributed by atoms with van der Waals surface area (Å²) >= 11 is 1.26. The molecule has 0 saturated carbocycles. The second kappa shape index (κ2) is 6.27. The minimum atomic E-state index is -3.58. The van der Waals surface area contributed by atoms with Crippen LogP contribution in [0.15, 0.2) is 16.3 Å². The molecule has 2 aliphatic rings. The normalized spacial score (nSPS) is 23.9. The number of nitrogens with zero attached hydrogens (tertiary/aromatic N) is 2. The number of hydrogen-bond acceptors (Lipinski definition) is 5. The number of carbonyl (C=O) groups is 1. The smallest absolute Gasteiger partial charge is 0.253 e. The van der Waals surface area contributed by atoms with Gasteiger partial charge in [-0.1, -0.05) is 0 Å². The van der Waals surface area contributed by atoms with Crippen LogP contribution in [0.3, 0.4) is 0 Å². The SMILES string of the molecule is Cc1ccc(S(=O)(=O)N2CCC[C@H]2C(=O)N2CCOCC2)s1. The van der Waals surface area contributed by atoms with Crippen LogP contribution in [0.4, 0.5) is 0 Å². The summed E-state index contributed by atoms with van der Waals surface area (Å²) in [5.41, 5.74) is 0. The monoisotopic (exact) mass is 344 g/mol. The maximum absolute atomic E-state index is 12.8. The van der Waals surface area contributed by atoms with E-state index in [1.165, 1.54) is 15.6 Å². The van der Waals surface area contributed by atoms with Gasteiger partial charge >= 0.3 is 0 Å². The largest absolute Gasteiger partial charge is 0.378 e. The van der Waals surface area contributed by atoms with Crippen molar-refractivity contribution >= 4 is 27.3 Å². The van der Waals surface area contributed by atoms with Crippen molar-refractivity contribution in [2.75, 3.05) is 32.8 Å². The fourth-order valence-electron chi connectivity index (χ4n) is 2.94. The van der Waals surface area contributed by atoms with E-state index in [0.29, 0.717) is 43.5 Å². The Labute approximate surface area is 134 Å². The van der Waals surface area contributed by atoms with Gasteiger partial charge in [0.15, 0.2) is 0 Å². The van der Waals surface area contributed by atoms with E-state index in [-0.39, 0.29) is 5.91 Å². The van der Waals surface area contributed by atoms with Gasteiger partial charge in [0.1, 0.15) is 10.3 Å². The maximum atomic E-state index is 12.8. The number of carbonyl (C=O) groups excluding carboxylic acids is 1. The van der Waals surface area contributed by atoms with Gasteiger partial charge in [-0.25, -0.2) is 8.42 Å². The summed E-state index contributed by atoms with van der Waals surface area (Å²) in [7, 11) is -3.58. The molecule has 0 bridgehead atoms. The molecule has 2 saturated heterocycles. The molecule has 122 valence electrons. The second-order valence-electron chi connectivity index (χ2n) is 5.58. The highest BCUT2D eigenvalue weighted by Gasteiger charge is 2.41. The summed E-state index contributed by atoms with van der Waals surface area (Å²) in [6.45, 7) is 4.43. The highest BCUT2D eigenvalue weighted by atomic mass is 32.2. The third-order valence-electron chi connectivity index (χ3n) is 4.09. The molecular formula is C14H20N2O4S2. The lowest BCUT2D eigenvalue weighted by Gasteiger charge is -2.32. The minimum absolute atomic E-state index is 0.0855. The topological polar surface area (TPSA) is 66.9 Å². The summed E-state index contributed by atoms with van der Waals surface area (Å²) < 4.78 is 32.5. The van der Waals surface area contributed by atoms with Gasteiger partial charge < -0.3 is 9.64 Å². The van der Waals surface area contributed by atoms with Gasteiger partial charge in [-0.15, -0.1) is 11.3 Å². The van der Waals surface area contributed by atoms with Crippen LogP contribution in [0.1, 0.15) is 17.7 Å². The van der Waals surface area contributed by atoms with Gasteiger partial charge in [0.2, 0.25) is 5.91 Å². The quantitative estimate of drug-likeness (QED) is 0.823. The van der Waals surface area contributed by atoms with Gasteiger partial charge in [0.25, 0.3) is 10.0 Å². The Bertz CT molecular complexity index is 650. The number of aryl methyl sites for hydroxylation is 1. The first kappa shape index (κ1) is 15.9. The number of ether oxygens (including phenoxy) is 1. The molecule has 6 nitrogen and oxygen atoms in total. The third-order valence-corrected chi connectivity index (χ3v) is 7.47. The van der Waals surface area contributed by atoms with Crippen molar-refractivity contribution in [1.82, 2.24) is 9.21 Å². The molecule has 0 aromatic carbocycles. The van der Waals surface area contributed by atoms with Crippen LogP contribution >= 0.6 is 11.3 Å². The molecule has 0 radical (unpaired) electrons. The lowest BCUT2D eigenvalue weighted by atomic mass is 10.2. The molecule has 3 heterocycles. The second-order valence-corrected chi connectivity index (χ2v) is 8.98. The molecule has 1 atom stereocenters. The lowest BCUT2D eigenvalue weighted by molar-refractivity contribution is -0.138. The number of hydrogen-bond donors (Lipinski definition) is 0. The number of amides is 1. The van der Waals surface area contributed by atoms with Crippen molar-refractivity contribution in [2.45, 2.75) is 30.0 Å². The first-order chi connectivity index (χ1) is 10.5. The Morgan fingerprint density at radius 3 is 2.64 bits per heavy atom. The van der Waals surface area contributed by atoms with E-state index in [1.54, 1.807) is 17.0 Å². The first-order valence-electron chi connectivity index (χ1n) is 7.45. The molecule has 0 aliphatic carbocycles. The molecule has 8 heteroatoms. The van der Waals surface area contributed by atoms with Crippen molar-refractivity contribution in [3.63, 3.8) is 0 Å². The fraction of sp³-hybridized carbons (Fsp3) is 0.643. The summed E-state index contributed by atoms with van der Waals surface area (Å²) in [6, 6.07) is 2.86. The maximum Gasteiger partial charge on any atom is 0.253 e. The third kappa shape index (κ3) is 2.92. The highest BCUT2D eigenvalue weighted by molar-refractivity contribution is 7.91. The molecule has 1 aromatic rings. The van der Waals surface area contributed by atoms with Crippen LogP contribution in [0.5, 0.6) is 0 Å². The Morgan fingerprint density at radius 1 is 1.27 bits per heavy atom. The lowest BCUT2D eigenvalue weighted by Crippen LogP contribution is -2.50. The van der Waals surface area contributed by atoms with Crippen LogP contribution in [0.25, 0.3) is 0 Å². The molecule has 2 fully saturated rings. The van der Waals surface area contributed by atoms with E-state index >= 15 is 0 Å². The number of rotatable bonds is 3. The van der Waals surface area contributed by atoms with Gasteiger partial charge in [-0.3, -0.25) is 4.79 Å². The van der Waals surface area contributed by atoms with Crippen molar-refractivity contribution in [3.8, 4) is 0 Å². The summed E-state index contributed by atoms with van der Waals surface area (Å²) in [4.78, 5) is 15.3. The van der Waals surface area contributed by atoms with Crippen molar-refractivity contribution in [1.29, 1.82) is 0 Å². The zero-order valence-electron chi connectivity index (χ0n) is 12.5. The minimum Gasteiger partial charge on any atom is -0.378 e. The Morgan fingerprint density at radius 2 is 2.00 bits per heavy atom. The summed E-state index contributed by atoms with van der Waals surface area (Å²) in [6.07, 6.45) is 1.32. The fourth-order valence-corrected chi connectivity index (χ4v) is 6.00. The molecule has 0 unspecified atom stereocenters. The Hall–Kier alpha value is -0.960. The van der Waals surface area contributed by atoms with Gasteiger partial charge in [-0.2, -0.15) is 4.31 Å². The molecule has 2 aliphatic heterocycles. The van der Waals surface area contributed by atoms with E-state index < -0.39 is 16.1 Å². The molecule has 1 aromatic heterocycles. The van der Waals surface area contributed by atoms with E-state index in [2.05, 4.69) is 0 Å². The molecular weight excluding hydrogens is 324 g/mol. The Kier molecular flexibility index (Phi) is 4.54. The van der Waals surface area contributed by atoms with E-state index in [4.69, 9.17) is 4.74 Å². The van der Waals surface area contributed by atoms with E-state index in [0.717, 1.165) is 11.3 Å². The standard InChI is InChI=1S/C14H20N2O4S2/c1-11-4-5-13(21-11)22(18,19)16-6-2-3-12(16)14(17)15-7-9-20-10-8-15/h4-5,12H,2-3,6-10H2,1H3/t12-/m0/s1. The van der Waals surface area contributed by atoms with Crippen LogP contribution in [0.2, 0.25) is 0 Å². The van der Waals surface area contributed by atoms with Crippen molar-refractivity contribution < 1.29 is 17.9 Å². The van der Waals surface area contributed by atoms with Crippen LogP contribution < -0.4 is 0 Å². The number of sulfonamides is 1. The van der Waals surface area contributed by atoms with Gasteiger partial charge in [0.05, 0.1) is 13.2 Å². The highest BCUT2D eigenvalue weighted by Crippen LogP contribution is 2.30. The molecule has 1 amide bonds. The van der Waals surface area contributed by atoms with E-state index in [9.17, 15) is 13.2 Å². The molecule has 0 N–H and O–H groups in total. The number of morpholine rings is 1. The molecule has 0 spiro atoms. The number of thiophene rings is 1. The Balaban J connectivity index is 1.82. The van der Waals surface area contributed by atoms with Crippen molar-refractivity contribution in [2.24, 2.45) is 0 Å².